The van der Waals surface area contributed by atoms with Gasteiger partial charge in [0.15, 0.2) is 5.78 Å². The van der Waals surface area contributed by atoms with Crippen molar-refractivity contribution in [1.29, 1.82) is 0 Å². The van der Waals surface area contributed by atoms with Crippen LogP contribution in [-0.4, -0.2) is 10.8 Å². The predicted octanol–water partition coefficient (Wildman–Crippen LogP) is 3.68. The van der Waals surface area contributed by atoms with Gasteiger partial charge in [0.25, 0.3) is 0 Å². The highest BCUT2D eigenvalue weighted by molar-refractivity contribution is 6.00. The molecule has 1 heterocycles. The summed E-state index contributed by atoms with van der Waals surface area (Å²) in [4.78, 5) is 16.6. The largest absolute Gasteiger partial charge is 0.293 e. The second-order valence-electron chi connectivity index (χ2n) is 4.64. The van der Waals surface area contributed by atoms with Crippen LogP contribution in [0.3, 0.4) is 0 Å². The average Bonchev–Trinajstić information content (AvgIpc) is 2.41. The number of carbonyl (C=O) groups is 1. The summed E-state index contributed by atoms with van der Waals surface area (Å²) >= 11 is 0. The van der Waals surface area contributed by atoms with Crippen LogP contribution in [0.4, 0.5) is 0 Å². The third-order valence-corrected chi connectivity index (χ3v) is 3.32. The summed E-state index contributed by atoms with van der Waals surface area (Å²) in [5.41, 5.74) is 3.93. The van der Waals surface area contributed by atoms with Gasteiger partial charge >= 0.3 is 0 Å². The van der Waals surface area contributed by atoms with E-state index in [0.29, 0.717) is 0 Å². The summed E-state index contributed by atoms with van der Waals surface area (Å²) < 4.78 is 0. The van der Waals surface area contributed by atoms with Crippen LogP contribution in [0.25, 0.3) is 0 Å². The quantitative estimate of drug-likeness (QED) is 0.765. The number of hydrogen-bond acceptors (Lipinski definition) is 2. The van der Waals surface area contributed by atoms with Crippen LogP contribution in [0.5, 0.6) is 0 Å². The number of nitrogens with zero attached hydrogens (tertiary/aromatic N) is 1. The molecule has 1 aromatic carbocycles. The van der Waals surface area contributed by atoms with Gasteiger partial charge in [-0.2, -0.15) is 0 Å². The molecule has 92 valence electrons. The molecule has 0 N–H and O–H groups in total. The molecular formula is C16H17NO. The number of pyridine rings is 1. The molecule has 0 aliphatic rings. The average molecular weight is 239 g/mol. The summed E-state index contributed by atoms with van der Waals surface area (Å²) in [6.45, 7) is 5.98. The van der Waals surface area contributed by atoms with E-state index in [1.165, 1.54) is 5.56 Å². The van der Waals surface area contributed by atoms with Gasteiger partial charge in [0.1, 0.15) is 0 Å². The van der Waals surface area contributed by atoms with Crippen molar-refractivity contribution in [2.24, 2.45) is 0 Å². The minimum Gasteiger partial charge on any atom is -0.293 e. The summed E-state index contributed by atoms with van der Waals surface area (Å²) in [6, 6.07) is 11.5. The molecule has 0 bridgehead atoms. The van der Waals surface area contributed by atoms with Crippen molar-refractivity contribution in [2.75, 3.05) is 0 Å². The number of Topliss-reactive ketones (excluding diaryl/α,β-unsaturated/α-hetero) is 1. The lowest BCUT2D eigenvalue weighted by molar-refractivity contribution is 0.0964. The zero-order valence-electron chi connectivity index (χ0n) is 11.0. The molecule has 2 heteroatoms. The maximum atomic E-state index is 12.4. The van der Waals surface area contributed by atoms with Gasteiger partial charge in [-0.1, -0.05) is 18.2 Å². The summed E-state index contributed by atoms with van der Waals surface area (Å²) in [7, 11) is 0. The van der Waals surface area contributed by atoms with Gasteiger partial charge in [-0.3, -0.25) is 9.78 Å². The molecule has 2 rings (SSSR count). The van der Waals surface area contributed by atoms with Crippen molar-refractivity contribution in [3.63, 3.8) is 0 Å². The molecule has 0 aliphatic carbocycles. The number of aryl methyl sites for hydroxylation is 2. The smallest absolute Gasteiger partial charge is 0.171 e. The predicted molar refractivity (Wildman–Crippen MR) is 72.9 cm³/mol. The molecule has 18 heavy (non-hydrogen) atoms. The van der Waals surface area contributed by atoms with E-state index in [1.54, 1.807) is 6.20 Å². The van der Waals surface area contributed by atoms with E-state index in [-0.39, 0.29) is 11.7 Å². The second kappa shape index (κ2) is 5.13. The Labute approximate surface area is 108 Å². The van der Waals surface area contributed by atoms with Gasteiger partial charge < -0.3 is 0 Å². The van der Waals surface area contributed by atoms with Crippen molar-refractivity contribution in [3.8, 4) is 0 Å². The van der Waals surface area contributed by atoms with Crippen LogP contribution in [-0.2, 0) is 0 Å². The standard InChI is InChI=1S/C16H17NO/c1-11-7-8-14(10-12(11)2)16(18)13(3)15-6-4-5-9-17-15/h4-10,13H,1-3H3. The molecule has 1 aromatic heterocycles. The van der Waals surface area contributed by atoms with Gasteiger partial charge in [0.05, 0.1) is 11.6 Å². The van der Waals surface area contributed by atoms with Crippen LogP contribution in [0.15, 0.2) is 42.6 Å². The summed E-state index contributed by atoms with van der Waals surface area (Å²) in [5, 5.41) is 0. The lowest BCUT2D eigenvalue weighted by atomic mass is 9.94. The molecule has 0 saturated heterocycles. The molecule has 0 fully saturated rings. The van der Waals surface area contributed by atoms with Crippen molar-refractivity contribution < 1.29 is 4.79 Å². The van der Waals surface area contributed by atoms with Gasteiger partial charge in [-0.25, -0.2) is 0 Å². The molecular weight excluding hydrogens is 222 g/mol. The molecule has 0 amide bonds. The number of aromatic nitrogens is 1. The zero-order chi connectivity index (χ0) is 13.1. The van der Waals surface area contributed by atoms with Gasteiger partial charge in [0, 0.05) is 11.8 Å². The lowest BCUT2D eigenvalue weighted by Gasteiger charge is -2.11. The first-order valence-corrected chi connectivity index (χ1v) is 6.12. The Kier molecular flexibility index (Phi) is 3.56. The fraction of sp³-hybridized carbons (Fsp3) is 0.250. The second-order valence-corrected chi connectivity index (χ2v) is 4.64. The van der Waals surface area contributed by atoms with Crippen molar-refractivity contribution in [1.82, 2.24) is 4.98 Å². The van der Waals surface area contributed by atoms with Crippen LogP contribution in [0, 0.1) is 13.8 Å². The third kappa shape index (κ3) is 2.48. The molecule has 2 aromatic rings. The molecule has 2 nitrogen and oxygen atoms in total. The molecule has 1 atom stereocenters. The van der Waals surface area contributed by atoms with E-state index < -0.39 is 0 Å². The molecule has 0 saturated carbocycles. The molecule has 1 unspecified atom stereocenters. The maximum absolute atomic E-state index is 12.4. The Balaban J connectivity index is 2.29. The number of carbonyl (C=O) groups excluding carboxylic acids is 1. The van der Waals surface area contributed by atoms with Crippen molar-refractivity contribution >= 4 is 5.78 Å². The first-order valence-electron chi connectivity index (χ1n) is 6.12. The zero-order valence-corrected chi connectivity index (χ0v) is 11.0. The monoisotopic (exact) mass is 239 g/mol. The van der Waals surface area contributed by atoms with Crippen molar-refractivity contribution in [2.45, 2.75) is 26.7 Å². The minimum absolute atomic E-state index is 0.122. The Morgan fingerprint density at radius 1 is 1.11 bits per heavy atom. The van der Waals surface area contributed by atoms with Gasteiger partial charge in [-0.05, 0) is 50.1 Å². The van der Waals surface area contributed by atoms with Crippen LogP contribution < -0.4 is 0 Å². The first-order chi connectivity index (χ1) is 8.59. The lowest BCUT2D eigenvalue weighted by Crippen LogP contribution is -2.11. The number of hydrogen-bond donors (Lipinski definition) is 0. The SMILES string of the molecule is Cc1ccc(C(=O)C(C)c2ccccn2)cc1C. The fourth-order valence-corrected chi connectivity index (χ4v) is 1.91. The highest BCUT2D eigenvalue weighted by Crippen LogP contribution is 2.20. The Hall–Kier alpha value is -1.96. The van der Waals surface area contributed by atoms with E-state index in [1.807, 2.05) is 57.2 Å². The Bertz CT molecular complexity index is 561. The maximum Gasteiger partial charge on any atom is 0.171 e. The Morgan fingerprint density at radius 2 is 1.89 bits per heavy atom. The number of rotatable bonds is 3. The molecule has 0 spiro atoms. The van der Waals surface area contributed by atoms with E-state index >= 15 is 0 Å². The van der Waals surface area contributed by atoms with Gasteiger partial charge in [-0.15, -0.1) is 0 Å². The minimum atomic E-state index is -0.201. The fourth-order valence-electron chi connectivity index (χ4n) is 1.91. The third-order valence-electron chi connectivity index (χ3n) is 3.32. The first kappa shape index (κ1) is 12.5. The summed E-state index contributed by atoms with van der Waals surface area (Å²) in [6.07, 6.45) is 1.72. The Morgan fingerprint density at radius 3 is 2.50 bits per heavy atom. The molecule has 0 radical (unpaired) electrons. The topological polar surface area (TPSA) is 30.0 Å². The van der Waals surface area contributed by atoms with E-state index in [4.69, 9.17) is 0 Å². The molecule has 0 aliphatic heterocycles. The van der Waals surface area contributed by atoms with E-state index in [9.17, 15) is 4.79 Å². The van der Waals surface area contributed by atoms with Gasteiger partial charge in [0.2, 0.25) is 0 Å². The number of ketones is 1. The number of benzene rings is 1. The van der Waals surface area contributed by atoms with Crippen molar-refractivity contribution in [3.05, 3.63) is 65.0 Å². The van der Waals surface area contributed by atoms with E-state index in [2.05, 4.69) is 4.98 Å². The highest BCUT2D eigenvalue weighted by atomic mass is 16.1. The van der Waals surface area contributed by atoms with Crippen LogP contribution >= 0.6 is 0 Å². The van der Waals surface area contributed by atoms with Crippen LogP contribution in [0.1, 0.15) is 40.0 Å². The summed E-state index contributed by atoms with van der Waals surface area (Å²) in [5.74, 6) is -0.0786. The van der Waals surface area contributed by atoms with E-state index in [0.717, 1.165) is 16.8 Å². The highest BCUT2D eigenvalue weighted by Gasteiger charge is 2.18. The van der Waals surface area contributed by atoms with Crippen LogP contribution in [0.2, 0.25) is 0 Å². The normalized spacial score (nSPS) is 12.2.